The van der Waals surface area contributed by atoms with Crippen LogP contribution in [-0.2, 0) is 17.2 Å². The SMILES string of the molecule is C[C@@H](OC(=O)Nc1c(-c2ccc(C(=O)NC34CC(c5ccccc5)(C3)C4)cn2)nnn1C)c1cc(F)cnc1F. The van der Waals surface area contributed by atoms with Crippen LogP contribution >= 0.6 is 0 Å². The molecule has 3 saturated carbocycles. The zero-order chi connectivity index (χ0) is 28.1. The van der Waals surface area contributed by atoms with Crippen LogP contribution in [0.25, 0.3) is 11.4 Å². The Labute approximate surface area is 227 Å². The molecular weight excluding hydrogens is 520 g/mol. The minimum atomic E-state index is -1.12. The first kappa shape index (κ1) is 25.5. The second kappa shape index (κ2) is 9.47. The number of hydrogen-bond acceptors (Lipinski definition) is 7. The molecule has 0 unspecified atom stereocenters. The zero-order valence-electron chi connectivity index (χ0n) is 21.7. The van der Waals surface area contributed by atoms with Gasteiger partial charge in [-0.15, -0.1) is 5.10 Å². The van der Waals surface area contributed by atoms with Gasteiger partial charge in [0.15, 0.2) is 11.5 Å². The summed E-state index contributed by atoms with van der Waals surface area (Å²) in [6.45, 7) is 1.39. The summed E-state index contributed by atoms with van der Waals surface area (Å²) in [6.07, 6.45) is 2.89. The van der Waals surface area contributed by atoms with Crippen molar-refractivity contribution in [2.24, 2.45) is 7.05 Å². The highest BCUT2D eigenvalue weighted by Gasteiger charge is 2.68. The van der Waals surface area contributed by atoms with Crippen LogP contribution in [-0.4, -0.2) is 42.5 Å². The lowest BCUT2D eigenvalue weighted by atomic mass is 9.37. The van der Waals surface area contributed by atoms with Crippen molar-refractivity contribution in [2.75, 3.05) is 5.32 Å². The molecule has 1 atom stereocenters. The summed E-state index contributed by atoms with van der Waals surface area (Å²) in [7, 11) is 1.56. The van der Waals surface area contributed by atoms with Gasteiger partial charge < -0.3 is 10.1 Å². The molecule has 2 bridgehead atoms. The third-order valence-corrected chi connectivity index (χ3v) is 7.67. The lowest BCUT2D eigenvalue weighted by Gasteiger charge is -2.71. The number of carbonyl (C=O) groups is 2. The van der Waals surface area contributed by atoms with E-state index < -0.39 is 24.0 Å². The number of benzene rings is 1. The van der Waals surface area contributed by atoms with E-state index in [-0.39, 0.29) is 33.9 Å². The summed E-state index contributed by atoms with van der Waals surface area (Å²) >= 11 is 0. The van der Waals surface area contributed by atoms with Crippen molar-refractivity contribution in [2.45, 2.75) is 43.2 Å². The highest BCUT2D eigenvalue weighted by Crippen LogP contribution is 2.67. The number of amides is 2. The Hall–Kier alpha value is -4.74. The van der Waals surface area contributed by atoms with E-state index in [0.717, 1.165) is 31.5 Å². The molecule has 0 saturated heterocycles. The van der Waals surface area contributed by atoms with Crippen molar-refractivity contribution in [1.82, 2.24) is 30.3 Å². The molecule has 3 aliphatic carbocycles. The van der Waals surface area contributed by atoms with Gasteiger partial charge in [0.05, 0.1) is 23.0 Å². The number of rotatable bonds is 7. The first-order chi connectivity index (χ1) is 19.2. The molecule has 3 aromatic heterocycles. The van der Waals surface area contributed by atoms with Crippen LogP contribution in [0.5, 0.6) is 0 Å². The number of hydrogen-bond donors (Lipinski definition) is 2. The van der Waals surface area contributed by atoms with E-state index in [4.69, 9.17) is 4.74 Å². The fraction of sp³-hybridized carbons (Fsp3) is 0.286. The Kier molecular flexibility index (Phi) is 6.05. The van der Waals surface area contributed by atoms with Crippen LogP contribution in [0.15, 0.2) is 60.9 Å². The highest BCUT2D eigenvalue weighted by molar-refractivity contribution is 5.95. The number of aryl methyl sites for hydroxylation is 1. The normalized spacial score (nSPS) is 21.5. The smallest absolute Gasteiger partial charge is 0.413 e. The molecule has 10 nitrogen and oxygen atoms in total. The van der Waals surface area contributed by atoms with E-state index in [1.165, 1.54) is 23.4 Å². The monoisotopic (exact) mass is 545 g/mol. The number of nitrogens with one attached hydrogen (secondary N) is 2. The Balaban J connectivity index is 1.09. The summed E-state index contributed by atoms with van der Waals surface area (Å²) in [6, 6.07) is 14.5. The number of ether oxygens (including phenoxy) is 1. The number of nitrogens with zero attached hydrogens (tertiary/aromatic N) is 5. The van der Waals surface area contributed by atoms with Gasteiger partial charge in [0.2, 0.25) is 5.95 Å². The predicted molar refractivity (Wildman–Crippen MR) is 139 cm³/mol. The lowest BCUT2D eigenvalue weighted by Crippen LogP contribution is -2.76. The number of pyridine rings is 2. The van der Waals surface area contributed by atoms with Crippen molar-refractivity contribution in [3.63, 3.8) is 0 Å². The van der Waals surface area contributed by atoms with Gasteiger partial charge in [0.25, 0.3) is 5.91 Å². The van der Waals surface area contributed by atoms with Crippen molar-refractivity contribution in [1.29, 1.82) is 0 Å². The Bertz CT molecular complexity index is 1590. The molecule has 204 valence electrons. The maximum absolute atomic E-state index is 13.9. The predicted octanol–water partition coefficient (Wildman–Crippen LogP) is 4.46. The van der Waals surface area contributed by atoms with Gasteiger partial charge in [0.1, 0.15) is 11.9 Å². The topological polar surface area (TPSA) is 124 Å². The van der Waals surface area contributed by atoms with Gasteiger partial charge >= 0.3 is 6.09 Å². The van der Waals surface area contributed by atoms with E-state index in [9.17, 15) is 18.4 Å². The molecule has 0 spiro atoms. The van der Waals surface area contributed by atoms with Crippen molar-refractivity contribution in [3.05, 3.63) is 89.4 Å². The second-order valence-electron chi connectivity index (χ2n) is 10.5. The number of halogens is 2. The van der Waals surface area contributed by atoms with Crippen LogP contribution in [0, 0.1) is 11.8 Å². The first-order valence-electron chi connectivity index (χ1n) is 12.7. The first-order valence-corrected chi connectivity index (χ1v) is 12.7. The molecule has 7 rings (SSSR count). The van der Waals surface area contributed by atoms with E-state index >= 15 is 0 Å². The Morgan fingerprint density at radius 3 is 2.50 bits per heavy atom. The molecule has 40 heavy (non-hydrogen) atoms. The molecule has 0 radical (unpaired) electrons. The standard InChI is InChI=1S/C28H25F2N7O3/c1-16(20-10-19(29)12-32-23(20)30)40-26(39)33-24-22(35-36-37(24)2)21-9-8-17(11-31-21)25(38)34-28-13-27(14-28,15-28)18-6-4-3-5-7-18/h3-12,16H,13-15H2,1-2H3,(H,33,39)(H,34,38)/t16-,27?,28?/m1/s1. The molecule has 4 aromatic rings. The van der Waals surface area contributed by atoms with E-state index in [0.29, 0.717) is 11.3 Å². The Morgan fingerprint density at radius 1 is 1.05 bits per heavy atom. The van der Waals surface area contributed by atoms with E-state index in [1.807, 2.05) is 18.2 Å². The minimum absolute atomic E-state index is 0.166. The van der Waals surface area contributed by atoms with Crippen molar-refractivity contribution < 1.29 is 23.1 Å². The number of aromatic nitrogens is 5. The van der Waals surface area contributed by atoms with Crippen LogP contribution in [0.4, 0.5) is 19.4 Å². The quantitative estimate of drug-likeness (QED) is 0.329. The van der Waals surface area contributed by atoms with Crippen molar-refractivity contribution >= 4 is 17.8 Å². The minimum Gasteiger partial charge on any atom is -0.441 e. The summed E-state index contributed by atoms with van der Waals surface area (Å²) in [5.74, 6) is -1.73. The molecule has 3 aliphatic rings. The molecule has 0 aliphatic heterocycles. The zero-order valence-corrected chi connectivity index (χ0v) is 21.7. The lowest BCUT2D eigenvalue weighted by molar-refractivity contribution is -0.0808. The summed E-state index contributed by atoms with van der Waals surface area (Å²) < 4.78 is 33.9. The summed E-state index contributed by atoms with van der Waals surface area (Å²) in [5, 5.41) is 13.7. The van der Waals surface area contributed by atoms with Crippen LogP contribution in [0.1, 0.15) is 53.8 Å². The van der Waals surface area contributed by atoms with E-state index in [1.54, 1.807) is 19.2 Å². The van der Waals surface area contributed by atoms with Gasteiger partial charge in [-0.05, 0) is 49.9 Å². The van der Waals surface area contributed by atoms with Crippen LogP contribution in [0.2, 0.25) is 0 Å². The van der Waals surface area contributed by atoms with Gasteiger partial charge in [-0.2, -0.15) is 4.39 Å². The second-order valence-corrected chi connectivity index (χ2v) is 10.5. The average Bonchev–Trinajstić information content (AvgIpc) is 3.26. The number of carbonyl (C=O) groups excluding carboxylic acids is 2. The maximum atomic E-state index is 13.9. The van der Waals surface area contributed by atoms with Gasteiger partial charge in [0, 0.05) is 24.2 Å². The fourth-order valence-electron chi connectivity index (χ4n) is 5.74. The summed E-state index contributed by atoms with van der Waals surface area (Å²) in [5.41, 5.74) is 2.12. The molecule has 2 N–H and O–H groups in total. The van der Waals surface area contributed by atoms with Crippen molar-refractivity contribution in [3.8, 4) is 11.4 Å². The largest absolute Gasteiger partial charge is 0.441 e. The molecule has 3 fully saturated rings. The maximum Gasteiger partial charge on any atom is 0.413 e. The van der Waals surface area contributed by atoms with Crippen LogP contribution < -0.4 is 10.6 Å². The Morgan fingerprint density at radius 2 is 1.80 bits per heavy atom. The fourth-order valence-corrected chi connectivity index (χ4v) is 5.74. The average molecular weight is 546 g/mol. The van der Waals surface area contributed by atoms with Gasteiger partial charge in [-0.25, -0.2) is 18.9 Å². The summed E-state index contributed by atoms with van der Waals surface area (Å²) in [4.78, 5) is 33.1. The third-order valence-electron chi connectivity index (χ3n) is 7.67. The highest BCUT2D eigenvalue weighted by atomic mass is 19.1. The molecular formula is C28H25F2N7O3. The number of anilines is 1. The molecule has 1 aromatic carbocycles. The third kappa shape index (κ3) is 4.44. The molecule has 3 heterocycles. The van der Waals surface area contributed by atoms with Crippen LogP contribution in [0.3, 0.4) is 0 Å². The molecule has 12 heteroatoms. The molecule has 2 amide bonds. The van der Waals surface area contributed by atoms with Gasteiger partial charge in [-0.3, -0.25) is 15.1 Å². The van der Waals surface area contributed by atoms with Gasteiger partial charge in [-0.1, -0.05) is 35.5 Å². The van der Waals surface area contributed by atoms with E-state index in [2.05, 4.69) is 43.0 Å².